The van der Waals surface area contributed by atoms with Crippen LogP contribution in [0, 0.1) is 5.92 Å². The fourth-order valence-electron chi connectivity index (χ4n) is 1.97. The molecule has 0 saturated heterocycles. The minimum Gasteiger partial charge on any atom is -0.338 e. The lowest BCUT2D eigenvalue weighted by Crippen LogP contribution is -2.39. The molecule has 0 unspecified atom stereocenters. The molecule has 1 rings (SSSR count). The van der Waals surface area contributed by atoms with Crippen LogP contribution in [0.3, 0.4) is 0 Å². The van der Waals surface area contributed by atoms with Crippen molar-refractivity contribution in [2.75, 3.05) is 25.9 Å². The van der Waals surface area contributed by atoms with Crippen molar-refractivity contribution in [2.24, 2.45) is 5.92 Å². The van der Waals surface area contributed by atoms with E-state index in [9.17, 15) is 13.2 Å². The number of benzene rings is 1. The van der Waals surface area contributed by atoms with E-state index in [1.54, 1.807) is 42.3 Å². The average Bonchev–Trinajstić information content (AvgIpc) is 2.43. The summed E-state index contributed by atoms with van der Waals surface area (Å²) in [7, 11) is -1.53. The molecule has 6 heteroatoms. The number of carbonyl (C=O) groups excluding carboxylic acids is 1. The van der Waals surface area contributed by atoms with Crippen LogP contribution < -0.4 is 5.32 Å². The highest BCUT2D eigenvalue weighted by Gasteiger charge is 2.14. The van der Waals surface area contributed by atoms with Crippen molar-refractivity contribution in [3.05, 3.63) is 30.3 Å². The minimum atomic E-state index is -3.26. The Hall–Kier alpha value is -1.56. The number of hydrogen-bond donors (Lipinski definition) is 1. The molecule has 0 aliphatic carbocycles. The molecule has 2 amide bonds. The van der Waals surface area contributed by atoms with Crippen molar-refractivity contribution in [2.45, 2.75) is 25.2 Å². The second kappa shape index (κ2) is 8.02. The maximum absolute atomic E-state index is 12.0. The zero-order chi connectivity index (χ0) is 15.9. The molecule has 1 aromatic carbocycles. The summed E-state index contributed by atoms with van der Waals surface area (Å²) in [4.78, 5) is 13.7. The van der Waals surface area contributed by atoms with E-state index >= 15 is 0 Å². The van der Waals surface area contributed by atoms with E-state index in [1.807, 2.05) is 13.8 Å². The number of carbonyl (C=O) groups is 1. The third-order valence-electron chi connectivity index (χ3n) is 2.95. The van der Waals surface area contributed by atoms with Gasteiger partial charge >= 0.3 is 6.03 Å². The highest BCUT2D eigenvalue weighted by molar-refractivity contribution is 7.91. The second-order valence-electron chi connectivity index (χ2n) is 5.49. The van der Waals surface area contributed by atoms with E-state index in [1.165, 1.54) is 0 Å². The largest absolute Gasteiger partial charge is 0.338 e. The number of hydrogen-bond acceptors (Lipinski definition) is 3. The van der Waals surface area contributed by atoms with Gasteiger partial charge in [-0.15, -0.1) is 0 Å². The smallest absolute Gasteiger partial charge is 0.317 e. The van der Waals surface area contributed by atoms with Gasteiger partial charge in [0.05, 0.1) is 10.6 Å². The minimum absolute atomic E-state index is 0.0329. The summed E-state index contributed by atoms with van der Waals surface area (Å²) in [5.41, 5.74) is 0. The summed E-state index contributed by atoms with van der Waals surface area (Å²) in [6.07, 6.45) is 0.401. The molecule has 21 heavy (non-hydrogen) atoms. The number of nitrogens with one attached hydrogen (secondary N) is 1. The molecule has 0 aliphatic rings. The fraction of sp³-hybridized carbons (Fsp3) is 0.533. The summed E-state index contributed by atoms with van der Waals surface area (Å²) in [5, 5.41) is 2.73. The Balaban J connectivity index is 2.36. The topological polar surface area (TPSA) is 66.5 Å². The Labute approximate surface area is 127 Å². The Morgan fingerprint density at radius 2 is 1.86 bits per heavy atom. The van der Waals surface area contributed by atoms with Gasteiger partial charge in [0.25, 0.3) is 0 Å². The maximum Gasteiger partial charge on any atom is 0.317 e. The van der Waals surface area contributed by atoms with Crippen LogP contribution in [0.15, 0.2) is 35.2 Å². The molecule has 1 aromatic rings. The van der Waals surface area contributed by atoms with Gasteiger partial charge in [-0.05, 0) is 24.5 Å². The van der Waals surface area contributed by atoms with Gasteiger partial charge in [-0.2, -0.15) is 0 Å². The van der Waals surface area contributed by atoms with Gasteiger partial charge in [0, 0.05) is 20.1 Å². The van der Waals surface area contributed by atoms with E-state index in [-0.39, 0.29) is 11.8 Å². The normalized spacial score (nSPS) is 11.4. The first-order valence-corrected chi connectivity index (χ1v) is 8.75. The first-order valence-electron chi connectivity index (χ1n) is 7.09. The van der Waals surface area contributed by atoms with Gasteiger partial charge in [-0.1, -0.05) is 32.0 Å². The molecular weight excluding hydrogens is 288 g/mol. The summed E-state index contributed by atoms with van der Waals surface area (Å²) >= 11 is 0. The Kier molecular flexibility index (Phi) is 6.68. The molecule has 0 atom stereocenters. The standard InChI is InChI=1S/C15H24N2O3S/c1-13(2)12-17(3)15(18)16-10-7-11-21(19,20)14-8-5-4-6-9-14/h4-6,8-9,13H,7,10-12H2,1-3H3,(H,16,18). The molecule has 1 N–H and O–H groups in total. The third kappa shape index (κ3) is 6.16. The first kappa shape index (κ1) is 17.5. The molecule has 0 aliphatic heterocycles. The Morgan fingerprint density at radius 3 is 2.43 bits per heavy atom. The van der Waals surface area contributed by atoms with Gasteiger partial charge in [0.1, 0.15) is 0 Å². The molecule has 0 fully saturated rings. The van der Waals surface area contributed by atoms with Gasteiger partial charge < -0.3 is 10.2 Å². The third-order valence-corrected chi connectivity index (χ3v) is 4.77. The first-order chi connectivity index (χ1) is 9.83. The van der Waals surface area contributed by atoms with E-state index in [0.717, 1.165) is 0 Å². The molecule has 0 radical (unpaired) electrons. The summed E-state index contributed by atoms with van der Waals surface area (Å²) in [6, 6.07) is 8.20. The number of sulfone groups is 1. The summed E-state index contributed by atoms with van der Waals surface area (Å²) in [5.74, 6) is 0.435. The van der Waals surface area contributed by atoms with Crippen molar-refractivity contribution in [3.8, 4) is 0 Å². The summed E-state index contributed by atoms with van der Waals surface area (Å²) in [6.45, 7) is 5.11. The van der Waals surface area contributed by atoms with Crippen LogP contribution in [-0.4, -0.2) is 45.2 Å². The molecule has 0 spiro atoms. The SMILES string of the molecule is CC(C)CN(C)C(=O)NCCCS(=O)(=O)c1ccccc1. The second-order valence-corrected chi connectivity index (χ2v) is 7.60. The molecular formula is C15H24N2O3S. The van der Waals surface area contributed by atoms with Crippen molar-refractivity contribution in [1.82, 2.24) is 10.2 Å². The van der Waals surface area contributed by atoms with Gasteiger partial charge in [-0.3, -0.25) is 0 Å². The van der Waals surface area contributed by atoms with Gasteiger partial charge in [0.15, 0.2) is 9.84 Å². The number of amides is 2. The zero-order valence-electron chi connectivity index (χ0n) is 12.9. The lowest BCUT2D eigenvalue weighted by Gasteiger charge is -2.19. The molecule has 0 aromatic heterocycles. The zero-order valence-corrected chi connectivity index (χ0v) is 13.7. The van der Waals surface area contributed by atoms with Crippen molar-refractivity contribution < 1.29 is 13.2 Å². The predicted molar refractivity (Wildman–Crippen MR) is 84.0 cm³/mol. The van der Waals surface area contributed by atoms with Crippen molar-refractivity contribution in [1.29, 1.82) is 0 Å². The lowest BCUT2D eigenvalue weighted by molar-refractivity contribution is 0.203. The monoisotopic (exact) mass is 312 g/mol. The van der Waals surface area contributed by atoms with Crippen LogP contribution in [0.1, 0.15) is 20.3 Å². The van der Waals surface area contributed by atoms with Crippen molar-refractivity contribution >= 4 is 15.9 Å². The molecule has 5 nitrogen and oxygen atoms in total. The highest BCUT2D eigenvalue weighted by Crippen LogP contribution is 2.10. The number of urea groups is 1. The van der Waals surface area contributed by atoms with Crippen LogP contribution in [0.4, 0.5) is 4.79 Å². The van der Waals surface area contributed by atoms with Crippen LogP contribution in [0.5, 0.6) is 0 Å². The van der Waals surface area contributed by atoms with Crippen LogP contribution in [0.2, 0.25) is 0 Å². The van der Waals surface area contributed by atoms with E-state index in [0.29, 0.717) is 30.3 Å². The molecule has 118 valence electrons. The number of rotatable bonds is 7. The quantitative estimate of drug-likeness (QED) is 0.785. The predicted octanol–water partition coefficient (Wildman–Crippen LogP) is 2.15. The Bertz CT molecular complexity index is 541. The molecule has 0 saturated carbocycles. The highest BCUT2D eigenvalue weighted by atomic mass is 32.2. The van der Waals surface area contributed by atoms with Gasteiger partial charge in [0.2, 0.25) is 0 Å². The van der Waals surface area contributed by atoms with E-state index < -0.39 is 9.84 Å². The van der Waals surface area contributed by atoms with Crippen LogP contribution in [0.25, 0.3) is 0 Å². The van der Waals surface area contributed by atoms with Crippen molar-refractivity contribution in [3.63, 3.8) is 0 Å². The lowest BCUT2D eigenvalue weighted by atomic mass is 10.2. The maximum atomic E-state index is 12.0. The number of nitrogens with zero attached hydrogens (tertiary/aromatic N) is 1. The van der Waals surface area contributed by atoms with Gasteiger partial charge in [-0.25, -0.2) is 13.2 Å². The van der Waals surface area contributed by atoms with E-state index in [2.05, 4.69) is 5.32 Å². The summed E-state index contributed by atoms with van der Waals surface area (Å²) < 4.78 is 24.1. The Morgan fingerprint density at radius 1 is 1.24 bits per heavy atom. The van der Waals surface area contributed by atoms with Crippen LogP contribution >= 0.6 is 0 Å². The van der Waals surface area contributed by atoms with Crippen LogP contribution in [-0.2, 0) is 9.84 Å². The fourth-order valence-corrected chi connectivity index (χ4v) is 3.30. The average molecular weight is 312 g/mol. The van der Waals surface area contributed by atoms with E-state index in [4.69, 9.17) is 0 Å². The molecule has 0 bridgehead atoms. The molecule has 0 heterocycles.